The number of carboxylic acid groups (broad SMARTS) is 1. The van der Waals surface area contributed by atoms with Gasteiger partial charge in [0.25, 0.3) is 0 Å². The lowest BCUT2D eigenvalue weighted by Gasteiger charge is -2.05. The lowest BCUT2D eigenvalue weighted by Crippen LogP contribution is -2.10. The number of ether oxygens (including phenoxy) is 1. The predicted molar refractivity (Wildman–Crippen MR) is 66.7 cm³/mol. The summed E-state index contributed by atoms with van der Waals surface area (Å²) in [5.74, 6) is -1.18. The summed E-state index contributed by atoms with van der Waals surface area (Å²) < 4.78 is 13.6. The Bertz CT molecular complexity index is 497. The van der Waals surface area contributed by atoms with Crippen LogP contribution in [0.5, 0.6) is 5.88 Å². The molecule has 19 heavy (non-hydrogen) atoms. The van der Waals surface area contributed by atoms with Crippen LogP contribution in [-0.4, -0.2) is 37.3 Å². The van der Waals surface area contributed by atoms with Crippen LogP contribution in [0.25, 0.3) is 0 Å². The minimum atomic E-state index is -4.64. The molecule has 0 fully saturated rings. The van der Waals surface area contributed by atoms with Crippen LogP contribution in [0.15, 0.2) is 6.07 Å². The largest absolute Gasteiger partial charge is 0.479 e. The van der Waals surface area contributed by atoms with Gasteiger partial charge in [-0.15, -0.1) is 0 Å². The molecule has 0 spiro atoms. The van der Waals surface area contributed by atoms with E-state index in [0.29, 0.717) is 0 Å². The van der Waals surface area contributed by atoms with Crippen molar-refractivity contribution in [3.63, 3.8) is 0 Å². The highest BCUT2D eigenvalue weighted by atomic mass is 35.5. The Balaban J connectivity index is 0.000000555. The maximum absolute atomic E-state index is 10.2. The van der Waals surface area contributed by atoms with E-state index in [-0.39, 0.29) is 21.1 Å². The van der Waals surface area contributed by atoms with E-state index < -0.39 is 20.4 Å². The van der Waals surface area contributed by atoms with E-state index in [9.17, 15) is 4.79 Å². The quantitative estimate of drug-likeness (QED) is 0.474. The average Bonchev–Trinajstić information content (AvgIpc) is 2.19. The highest BCUT2D eigenvalue weighted by Crippen LogP contribution is 2.30. The lowest BCUT2D eigenvalue weighted by atomic mass is 10.5. The Labute approximate surface area is 121 Å². The number of rotatable bonds is 3. The monoisotopic (exact) mass is 353 g/mol. The molecule has 0 saturated carbocycles. The van der Waals surface area contributed by atoms with E-state index in [1.807, 2.05) is 0 Å². The van der Waals surface area contributed by atoms with Gasteiger partial charge in [0, 0.05) is 0 Å². The van der Waals surface area contributed by atoms with Gasteiger partial charge >= 0.3 is 13.8 Å². The molecule has 1 aromatic rings. The molecule has 1 heterocycles. The van der Waals surface area contributed by atoms with Crippen LogP contribution in [0.2, 0.25) is 15.2 Å². The fraction of sp³-hybridized carbons (Fsp3) is 0.143. The van der Waals surface area contributed by atoms with Gasteiger partial charge in [0.1, 0.15) is 5.02 Å². The molecular formula is C7H7Cl3NO7P. The second-order valence-electron chi connectivity index (χ2n) is 2.74. The van der Waals surface area contributed by atoms with Crippen LogP contribution >= 0.6 is 42.6 Å². The van der Waals surface area contributed by atoms with Crippen LogP contribution in [-0.2, 0) is 9.36 Å². The fourth-order valence-electron chi connectivity index (χ4n) is 0.660. The van der Waals surface area contributed by atoms with Crippen LogP contribution in [0.3, 0.4) is 0 Å². The van der Waals surface area contributed by atoms with E-state index in [4.69, 9.17) is 63.9 Å². The number of hydrogen-bond donors (Lipinski definition) is 4. The van der Waals surface area contributed by atoms with Gasteiger partial charge in [-0.2, -0.15) is 4.98 Å². The van der Waals surface area contributed by atoms with Crippen molar-refractivity contribution in [1.82, 2.24) is 4.98 Å². The van der Waals surface area contributed by atoms with Crippen molar-refractivity contribution in [1.29, 1.82) is 0 Å². The Morgan fingerprint density at radius 3 is 2.16 bits per heavy atom. The van der Waals surface area contributed by atoms with Crippen molar-refractivity contribution in [2.45, 2.75) is 0 Å². The highest BCUT2D eigenvalue weighted by molar-refractivity contribution is 7.45. The Hall–Kier alpha value is -0.600. The number of carboxylic acids is 1. The number of nitrogens with zero attached hydrogens (tertiary/aromatic N) is 1. The van der Waals surface area contributed by atoms with E-state index in [1.165, 1.54) is 6.07 Å². The molecule has 0 atom stereocenters. The van der Waals surface area contributed by atoms with Crippen molar-refractivity contribution in [3.05, 3.63) is 21.3 Å². The molecule has 0 aliphatic heterocycles. The lowest BCUT2D eigenvalue weighted by molar-refractivity contribution is -0.139. The molecule has 1 aromatic heterocycles. The summed E-state index contributed by atoms with van der Waals surface area (Å²) in [6.45, 7) is -0.537. The van der Waals surface area contributed by atoms with Gasteiger partial charge in [-0.05, 0) is 6.07 Å². The number of aliphatic carboxylic acids is 1. The Morgan fingerprint density at radius 1 is 1.26 bits per heavy atom. The summed E-state index contributed by atoms with van der Waals surface area (Å²) in [5, 5.41) is 8.64. The third-order valence-corrected chi connectivity index (χ3v) is 2.13. The summed E-state index contributed by atoms with van der Waals surface area (Å²) >= 11 is 16.8. The van der Waals surface area contributed by atoms with Gasteiger partial charge in [-0.3, -0.25) is 0 Å². The maximum atomic E-state index is 10.2. The molecule has 0 aromatic carbocycles. The number of carbonyl (C=O) groups is 1. The molecular weight excluding hydrogens is 347 g/mol. The summed E-state index contributed by atoms with van der Waals surface area (Å²) in [7, 11) is -4.64. The molecule has 4 N–H and O–H groups in total. The van der Waals surface area contributed by atoms with Gasteiger partial charge < -0.3 is 24.5 Å². The molecule has 0 aliphatic carbocycles. The summed E-state index contributed by atoms with van der Waals surface area (Å²) in [6.07, 6.45) is 0. The second kappa shape index (κ2) is 7.86. The first-order chi connectivity index (χ1) is 8.50. The molecule has 1 rings (SSSR count). The smallest absolute Gasteiger partial charge is 0.466 e. The zero-order valence-electron chi connectivity index (χ0n) is 8.83. The number of aromatic nitrogens is 1. The molecule has 0 bridgehead atoms. The normalized spacial score (nSPS) is 10.4. The summed E-state index contributed by atoms with van der Waals surface area (Å²) in [4.78, 5) is 35.4. The van der Waals surface area contributed by atoms with Gasteiger partial charge in [0.05, 0.1) is 5.02 Å². The number of halogens is 3. The Kier molecular flexibility index (Phi) is 7.61. The van der Waals surface area contributed by atoms with E-state index in [1.54, 1.807) is 0 Å². The molecule has 0 aliphatic rings. The van der Waals surface area contributed by atoms with Crippen molar-refractivity contribution in [2.75, 3.05) is 6.61 Å². The van der Waals surface area contributed by atoms with Gasteiger partial charge in [0.2, 0.25) is 5.88 Å². The molecule has 0 unspecified atom stereocenters. The zero-order chi connectivity index (χ0) is 15.2. The third kappa shape index (κ3) is 9.92. The summed E-state index contributed by atoms with van der Waals surface area (Å²) in [6, 6.07) is 1.33. The average molecular weight is 354 g/mol. The fourth-order valence-corrected chi connectivity index (χ4v) is 1.20. The number of phosphoric acid groups is 1. The first kappa shape index (κ1) is 18.4. The first-order valence-corrected chi connectivity index (χ1v) is 6.85. The molecule has 8 nitrogen and oxygen atoms in total. The molecule has 12 heteroatoms. The van der Waals surface area contributed by atoms with Crippen molar-refractivity contribution < 1.29 is 33.9 Å². The molecule has 0 radical (unpaired) electrons. The molecule has 0 saturated heterocycles. The molecule has 108 valence electrons. The van der Waals surface area contributed by atoms with E-state index in [2.05, 4.69) is 4.98 Å². The SMILES string of the molecule is O=C(O)COc1nc(Cl)c(Cl)cc1Cl.O=P(O)(O)O. The number of hydrogen-bond acceptors (Lipinski definition) is 4. The van der Waals surface area contributed by atoms with Crippen molar-refractivity contribution in [3.8, 4) is 5.88 Å². The van der Waals surface area contributed by atoms with Crippen molar-refractivity contribution >= 4 is 48.6 Å². The van der Waals surface area contributed by atoms with E-state index in [0.717, 1.165) is 0 Å². The standard InChI is InChI=1S/C7H4Cl3NO3.H3O4P/c8-3-1-4(9)7(11-6(3)10)14-2-5(12)13;1-5(2,3)4/h1H,2H2,(H,12,13);(H3,1,2,3,4). The van der Waals surface area contributed by atoms with Crippen LogP contribution in [0, 0.1) is 0 Å². The number of pyridine rings is 1. The van der Waals surface area contributed by atoms with Gasteiger partial charge in [-0.1, -0.05) is 34.8 Å². The second-order valence-corrected chi connectivity index (χ2v) is 4.94. The topological polar surface area (TPSA) is 137 Å². The minimum Gasteiger partial charge on any atom is -0.479 e. The Morgan fingerprint density at radius 2 is 1.74 bits per heavy atom. The summed E-state index contributed by atoms with van der Waals surface area (Å²) in [5.41, 5.74) is 0. The highest BCUT2D eigenvalue weighted by Gasteiger charge is 2.10. The third-order valence-electron chi connectivity index (χ3n) is 1.19. The minimum absolute atomic E-state index is 0.0106. The van der Waals surface area contributed by atoms with Crippen LogP contribution in [0.1, 0.15) is 0 Å². The molecule has 0 amide bonds. The van der Waals surface area contributed by atoms with Crippen LogP contribution < -0.4 is 4.74 Å². The zero-order valence-corrected chi connectivity index (χ0v) is 12.0. The van der Waals surface area contributed by atoms with Crippen LogP contribution in [0.4, 0.5) is 0 Å². The first-order valence-electron chi connectivity index (χ1n) is 4.15. The van der Waals surface area contributed by atoms with E-state index >= 15 is 0 Å². The van der Waals surface area contributed by atoms with Gasteiger partial charge in [-0.25, -0.2) is 9.36 Å². The van der Waals surface area contributed by atoms with Crippen molar-refractivity contribution in [2.24, 2.45) is 0 Å². The maximum Gasteiger partial charge on any atom is 0.466 e. The predicted octanol–water partition coefficient (Wildman–Crippen LogP) is 1.58. The van der Waals surface area contributed by atoms with Gasteiger partial charge in [0.15, 0.2) is 11.8 Å².